The molecule has 1 fully saturated rings. The number of fused-ring (bicyclic) bond motifs is 1. The lowest BCUT2D eigenvalue weighted by Crippen LogP contribution is -2.47. The third kappa shape index (κ3) is 5.28. The van der Waals surface area contributed by atoms with Gasteiger partial charge in [-0.05, 0) is 73.3 Å². The lowest BCUT2D eigenvalue weighted by atomic mass is 9.98. The maximum Gasteiger partial charge on any atom is 0.240 e. The Morgan fingerprint density at radius 2 is 1.68 bits per heavy atom. The van der Waals surface area contributed by atoms with Gasteiger partial charge in [-0.25, -0.2) is 0 Å². The first-order chi connectivity index (χ1) is 16.5. The number of hydrogen-bond donors (Lipinski definition) is 1. The zero-order chi connectivity index (χ0) is 24.1. The van der Waals surface area contributed by atoms with Gasteiger partial charge in [0.05, 0.1) is 27.4 Å². The smallest absolute Gasteiger partial charge is 0.240 e. The average Bonchev–Trinajstić information content (AvgIpc) is 3.35. The third-order valence-electron chi connectivity index (χ3n) is 6.68. The summed E-state index contributed by atoms with van der Waals surface area (Å²) in [7, 11) is 4.87. The van der Waals surface area contributed by atoms with Crippen LogP contribution in [0.25, 0.3) is 0 Å². The molecular formula is C26H33N3O5. The van der Waals surface area contributed by atoms with E-state index < -0.39 is 0 Å². The van der Waals surface area contributed by atoms with E-state index in [4.69, 9.17) is 14.2 Å². The minimum atomic E-state index is -0.171. The van der Waals surface area contributed by atoms with Crippen molar-refractivity contribution in [2.45, 2.75) is 38.3 Å². The number of rotatable bonds is 8. The van der Waals surface area contributed by atoms with Crippen LogP contribution in [0.4, 0.5) is 5.69 Å². The zero-order valence-electron chi connectivity index (χ0n) is 20.1. The van der Waals surface area contributed by atoms with Crippen LogP contribution in [0.15, 0.2) is 36.4 Å². The van der Waals surface area contributed by atoms with Crippen LogP contribution in [-0.4, -0.2) is 68.6 Å². The Balaban J connectivity index is 1.33. The summed E-state index contributed by atoms with van der Waals surface area (Å²) >= 11 is 0. The van der Waals surface area contributed by atoms with E-state index in [1.165, 1.54) is 5.56 Å². The van der Waals surface area contributed by atoms with Crippen LogP contribution in [0.5, 0.6) is 17.2 Å². The molecule has 0 aromatic heterocycles. The SMILES string of the molecule is COc1ccc(NC(=O)CCN2CCC[C@H]2C(=O)N2CCc3cc(OC)c(OC)cc3C2)cc1. The van der Waals surface area contributed by atoms with Crippen molar-refractivity contribution in [3.8, 4) is 17.2 Å². The highest BCUT2D eigenvalue weighted by atomic mass is 16.5. The maximum atomic E-state index is 13.4. The van der Waals surface area contributed by atoms with Crippen molar-refractivity contribution in [1.82, 2.24) is 9.80 Å². The Kier molecular flexibility index (Phi) is 7.57. The number of hydrogen-bond acceptors (Lipinski definition) is 6. The van der Waals surface area contributed by atoms with E-state index in [0.29, 0.717) is 31.8 Å². The summed E-state index contributed by atoms with van der Waals surface area (Å²) in [4.78, 5) is 30.0. The highest BCUT2D eigenvalue weighted by Crippen LogP contribution is 2.34. The van der Waals surface area contributed by atoms with Gasteiger partial charge < -0.3 is 24.4 Å². The third-order valence-corrected chi connectivity index (χ3v) is 6.68. The molecule has 2 heterocycles. The highest BCUT2D eigenvalue weighted by Gasteiger charge is 2.35. The van der Waals surface area contributed by atoms with Crippen LogP contribution in [0.1, 0.15) is 30.4 Å². The van der Waals surface area contributed by atoms with E-state index in [0.717, 1.165) is 48.6 Å². The number of nitrogens with zero attached hydrogens (tertiary/aromatic N) is 2. The molecule has 0 spiro atoms. The van der Waals surface area contributed by atoms with Gasteiger partial charge in [0.25, 0.3) is 0 Å². The number of carbonyl (C=O) groups excluding carboxylic acids is 2. The maximum absolute atomic E-state index is 13.4. The Bertz CT molecular complexity index is 1020. The fourth-order valence-corrected chi connectivity index (χ4v) is 4.80. The Morgan fingerprint density at radius 3 is 2.35 bits per heavy atom. The average molecular weight is 468 g/mol. The largest absolute Gasteiger partial charge is 0.497 e. The van der Waals surface area contributed by atoms with Crippen molar-refractivity contribution in [3.63, 3.8) is 0 Å². The monoisotopic (exact) mass is 467 g/mol. The summed E-state index contributed by atoms with van der Waals surface area (Å²) in [6.07, 6.45) is 2.92. The van der Waals surface area contributed by atoms with Crippen LogP contribution in [-0.2, 0) is 22.6 Å². The second-order valence-corrected chi connectivity index (χ2v) is 8.71. The van der Waals surface area contributed by atoms with Gasteiger partial charge in [-0.2, -0.15) is 0 Å². The molecule has 1 saturated heterocycles. The van der Waals surface area contributed by atoms with Crippen molar-refractivity contribution >= 4 is 17.5 Å². The molecule has 0 radical (unpaired) electrons. The van der Waals surface area contributed by atoms with Crippen LogP contribution >= 0.6 is 0 Å². The predicted molar refractivity (Wildman–Crippen MR) is 130 cm³/mol. The molecule has 1 atom stereocenters. The summed E-state index contributed by atoms with van der Waals surface area (Å²) in [5, 5.41) is 2.92. The first kappa shape index (κ1) is 23.9. The minimum absolute atomic E-state index is 0.0591. The second kappa shape index (κ2) is 10.8. The zero-order valence-corrected chi connectivity index (χ0v) is 20.1. The molecule has 2 aromatic rings. The van der Waals surface area contributed by atoms with Crippen molar-refractivity contribution in [1.29, 1.82) is 0 Å². The Morgan fingerprint density at radius 1 is 0.971 bits per heavy atom. The van der Waals surface area contributed by atoms with Gasteiger partial charge in [0.1, 0.15) is 5.75 Å². The molecule has 8 heteroatoms. The quantitative estimate of drug-likeness (QED) is 0.643. The molecule has 0 aliphatic carbocycles. The fraction of sp³-hybridized carbons (Fsp3) is 0.462. The predicted octanol–water partition coefficient (Wildman–Crippen LogP) is 3.09. The standard InChI is InChI=1S/C26H33N3O5/c1-32-21-8-6-20(7-9-21)27-25(30)11-14-28-12-4-5-22(28)26(31)29-13-10-18-15-23(33-2)24(34-3)16-19(18)17-29/h6-9,15-16,22H,4-5,10-14,17H2,1-3H3,(H,27,30)/t22-/m0/s1. The number of ether oxygens (including phenoxy) is 3. The molecular weight excluding hydrogens is 434 g/mol. The van der Waals surface area contributed by atoms with Gasteiger partial charge in [-0.15, -0.1) is 0 Å². The lowest BCUT2D eigenvalue weighted by molar-refractivity contribution is -0.137. The van der Waals surface area contributed by atoms with Gasteiger partial charge in [-0.3, -0.25) is 14.5 Å². The summed E-state index contributed by atoms with van der Waals surface area (Å²) in [5.41, 5.74) is 3.03. The van der Waals surface area contributed by atoms with Gasteiger partial charge >= 0.3 is 0 Å². The van der Waals surface area contributed by atoms with Gasteiger partial charge in [0.15, 0.2) is 11.5 Å². The van der Waals surface area contributed by atoms with Crippen LogP contribution in [0.2, 0.25) is 0 Å². The molecule has 8 nitrogen and oxygen atoms in total. The molecule has 34 heavy (non-hydrogen) atoms. The van der Waals surface area contributed by atoms with E-state index in [-0.39, 0.29) is 17.9 Å². The van der Waals surface area contributed by atoms with Gasteiger partial charge in [0, 0.05) is 31.7 Å². The van der Waals surface area contributed by atoms with E-state index in [9.17, 15) is 9.59 Å². The molecule has 2 aliphatic rings. The molecule has 2 aliphatic heterocycles. The molecule has 1 N–H and O–H groups in total. The fourth-order valence-electron chi connectivity index (χ4n) is 4.80. The van der Waals surface area contributed by atoms with Crippen LogP contribution in [0, 0.1) is 0 Å². The number of amides is 2. The topological polar surface area (TPSA) is 80.3 Å². The minimum Gasteiger partial charge on any atom is -0.497 e. The Labute approximate surface area is 200 Å². The van der Waals surface area contributed by atoms with E-state index in [1.807, 2.05) is 41.3 Å². The van der Waals surface area contributed by atoms with Crippen molar-refractivity contribution in [2.75, 3.05) is 46.3 Å². The number of nitrogens with one attached hydrogen (secondary N) is 1. The number of carbonyl (C=O) groups is 2. The molecule has 182 valence electrons. The second-order valence-electron chi connectivity index (χ2n) is 8.71. The van der Waals surface area contributed by atoms with Crippen molar-refractivity contribution in [2.24, 2.45) is 0 Å². The molecule has 4 rings (SSSR count). The van der Waals surface area contributed by atoms with Crippen molar-refractivity contribution < 1.29 is 23.8 Å². The number of methoxy groups -OCH3 is 3. The van der Waals surface area contributed by atoms with Crippen LogP contribution in [0.3, 0.4) is 0 Å². The summed E-state index contributed by atoms with van der Waals surface area (Å²) in [6, 6.07) is 11.1. The Hall–Kier alpha value is -3.26. The number of benzene rings is 2. The van der Waals surface area contributed by atoms with E-state index >= 15 is 0 Å². The lowest BCUT2D eigenvalue weighted by Gasteiger charge is -2.34. The van der Waals surface area contributed by atoms with E-state index in [1.54, 1.807) is 21.3 Å². The molecule has 2 aromatic carbocycles. The molecule has 0 unspecified atom stereocenters. The van der Waals surface area contributed by atoms with Gasteiger partial charge in [-0.1, -0.05) is 0 Å². The summed E-state index contributed by atoms with van der Waals surface area (Å²) < 4.78 is 16.0. The molecule has 0 bridgehead atoms. The van der Waals surface area contributed by atoms with Gasteiger partial charge in [0.2, 0.25) is 11.8 Å². The van der Waals surface area contributed by atoms with Crippen LogP contribution < -0.4 is 19.5 Å². The van der Waals surface area contributed by atoms with Crippen molar-refractivity contribution in [3.05, 3.63) is 47.5 Å². The molecule has 2 amide bonds. The summed E-state index contributed by atoms with van der Waals surface area (Å²) in [5.74, 6) is 2.23. The first-order valence-electron chi connectivity index (χ1n) is 11.7. The normalized spacial score (nSPS) is 17.7. The number of likely N-dealkylation sites (tertiary alicyclic amines) is 1. The highest BCUT2D eigenvalue weighted by molar-refractivity contribution is 5.91. The first-order valence-corrected chi connectivity index (χ1v) is 11.7. The number of anilines is 1. The summed E-state index contributed by atoms with van der Waals surface area (Å²) in [6.45, 7) is 2.65. The van der Waals surface area contributed by atoms with E-state index in [2.05, 4.69) is 10.2 Å². The molecule has 0 saturated carbocycles.